The van der Waals surface area contributed by atoms with Crippen LogP contribution in [-0.4, -0.2) is 81.3 Å². The summed E-state index contributed by atoms with van der Waals surface area (Å²) < 4.78 is 6.20. The lowest BCUT2D eigenvalue weighted by Crippen LogP contribution is -2.57. The molecule has 168 valence electrons. The summed E-state index contributed by atoms with van der Waals surface area (Å²) >= 11 is 0. The molecule has 2 amide bonds. The fourth-order valence-corrected chi connectivity index (χ4v) is 5.55. The number of ether oxygens (including phenoxy) is 1. The van der Waals surface area contributed by atoms with Crippen LogP contribution in [0.5, 0.6) is 0 Å². The highest BCUT2D eigenvalue weighted by atomic mass is 16.5. The molecule has 0 saturated carbocycles. The minimum absolute atomic E-state index is 0.0821. The first-order chi connectivity index (χ1) is 14.3. The van der Waals surface area contributed by atoms with Crippen LogP contribution in [0.25, 0.3) is 0 Å². The van der Waals surface area contributed by atoms with Crippen molar-refractivity contribution in [1.29, 1.82) is 0 Å². The van der Waals surface area contributed by atoms with Crippen molar-refractivity contribution in [3.63, 3.8) is 0 Å². The van der Waals surface area contributed by atoms with E-state index in [1.54, 1.807) is 15.9 Å². The van der Waals surface area contributed by atoms with E-state index in [0.29, 0.717) is 38.8 Å². The van der Waals surface area contributed by atoms with Crippen molar-refractivity contribution in [3.05, 3.63) is 12.7 Å². The molecule has 8 nitrogen and oxygen atoms in total. The van der Waals surface area contributed by atoms with Gasteiger partial charge in [-0.15, -0.1) is 6.58 Å². The largest absolute Gasteiger partial charge is 0.481 e. The van der Waals surface area contributed by atoms with E-state index < -0.39 is 35.6 Å². The highest BCUT2D eigenvalue weighted by Crippen LogP contribution is 2.58. The summed E-state index contributed by atoms with van der Waals surface area (Å²) in [7, 11) is 0. The molecule has 30 heavy (non-hydrogen) atoms. The molecule has 2 bridgehead atoms. The smallest absolute Gasteiger partial charge is 0.310 e. The van der Waals surface area contributed by atoms with Gasteiger partial charge in [-0.25, -0.2) is 0 Å². The van der Waals surface area contributed by atoms with E-state index in [0.717, 1.165) is 12.8 Å². The maximum Gasteiger partial charge on any atom is 0.310 e. The van der Waals surface area contributed by atoms with Crippen molar-refractivity contribution in [2.24, 2.45) is 11.8 Å². The van der Waals surface area contributed by atoms with Gasteiger partial charge in [0.25, 0.3) is 0 Å². The maximum absolute atomic E-state index is 13.7. The number of carbonyl (C=O) groups is 3. The van der Waals surface area contributed by atoms with Crippen LogP contribution < -0.4 is 0 Å². The first kappa shape index (κ1) is 22.7. The van der Waals surface area contributed by atoms with Crippen molar-refractivity contribution < 1.29 is 29.3 Å². The number of hydrogen-bond donors (Lipinski definition) is 2. The molecular formula is C22H34N2O6. The second-order valence-electron chi connectivity index (χ2n) is 8.94. The molecule has 3 fully saturated rings. The second kappa shape index (κ2) is 9.06. The van der Waals surface area contributed by atoms with Gasteiger partial charge in [-0.3, -0.25) is 14.4 Å². The molecule has 2 N–H and O–H groups in total. The molecule has 0 aromatic heterocycles. The van der Waals surface area contributed by atoms with Gasteiger partial charge in [0.2, 0.25) is 11.8 Å². The van der Waals surface area contributed by atoms with Crippen molar-refractivity contribution >= 4 is 17.8 Å². The van der Waals surface area contributed by atoms with E-state index in [-0.39, 0.29) is 24.5 Å². The summed E-state index contributed by atoms with van der Waals surface area (Å²) in [6.07, 6.45) is 5.30. The van der Waals surface area contributed by atoms with Gasteiger partial charge in [-0.2, -0.15) is 0 Å². The van der Waals surface area contributed by atoms with Crippen LogP contribution in [0.2, 0.25) is 0 Å². The standard InChI is InChI=1S/C22H34N2O6/c1-4-11-23(14(2)3)20(27)18-22-10-9-15(30-22)16(21(28)29)17(22)19(26)24(18)12-7-5-6-8-13-25/h4,14-18,25H,1,5-13H2,2-3H3,(H,28,29)/t15-,16+,17+,18-,22+/m0/s1. The van der Waals surface area contributed by atoms with Gasteiger partial charge in [-0.1, -0.05) is 18.9 Å². The Morgan fingerprint density at radius 1 is 1.33 bits per heavy atom. The Hall–Kier alpha value is -1.93. The molecule has 5 atom stereocenters. The van der Waals surface area contributed by atoms with Crippen LogP contribution in [0.15, 0.2) is 12.7 Å². The zero-order valence-electron chi connectivity index (χ0n) is 18.0. The molecule has 8 heteroatoms. The van der Waals surface area contributed by atoms with Crippen molar-refractivity contribution in [2.45, 2.75) is 76.2 Å². The number of unbranched alkanes of at least 4 members (excludes halogenated alkanes) is 3. The fraction of sp³-hybridized carbons (Fsp3) is 0.773. The lowest BCUT2D eigenvalue weighted by molar-refractivity contribution is -0.151. The number of rotatable bonds is 11. The minimum Gasteiger partial charge on any atom is -0.481 e. The van der Waals surface area contributed by atoms with Gasteiger partial charge < -0.3 is 24.7 Å². The van der Waals surface area contributed by atoms with E-state index in [9.17, 15) is 19.5 Å². The zero-order valence-corrected chi connectivity index (χ0v) is 18.0. The van der Waals surface area contributed by atoms with E-state index in [1.807, 2.05) is 13.8 Å². The predicted molar refractivity (Wildman–Crippen MR) is 110 cm³/mol. The molecule has 0 unspecified atom stereocenters. The molecule has 1 spiro atoms. The lowest BCUT2D eigenvalue weighted by Gasteiger charge is -2.38. The van der Waals surface area contributed by atoms with Crippen LogP contribution in [0, 0.1) is 11.8 Å². The number of aliphatic hydroxyl groups is 1. The zero-order chi connectivity index (χ0) is 22.1. The highest BCUT2D eigenvalue weighted by molar-refractivity contribution is 5.98. The van der Waals surface area contributed by atoms with Crippen LogP contribution >= 0.6 is 0 Å². The molecule has 3 saturated heterocycles. The van der Waals surface area contributed by atoms with Gasteiger partial charge in [0.05, 0.1) is 17.9 Å². The highest BCUT2D eigenvalue weighted by Gasteiger charge is 2.74. The average molecular weight is 423 g/mol. The van der Waals surface area contributed by atoms with Gasteiger partial charge in [-0.05, 0) is 39.5 Å². The number of hydrogen-bond acceptors (Lipinski definition) is 5. The monoisotopic (exact) mass is 422 g/mol. The molecule has 3 heterocycles. The second-order valence-corrected chi connectivity index (χ2v) is 8.94. The van der Waals surface area contributed by atoms with E-state index in [4.69, 9.17) is 9.84 Å². The summed E-state index contributed by atoms with van der Waals surface area (Å²) in [6.45, 7) is 8.46. The fourth-order valence-electron chi connectivity index (χ4n) is 5.55. The molecule has 3 aliphatic rings. The average Bonchev–Trinajstić information content (AvgIpc) is 3.33. The number of fused-ring (bicyclic) bond motifs is 1. The molecule has 0 radical (unpaired) electrons. The lowest BCUT2D eigenvalue weighted by atomic mass is 9.70. The van der Waals surface area contributed by atoms with E-state index in [1.165, 1.54) is 0 Å². The molecule has 0 aliphatic carbocycles. The predicted octanol–water partition coefficient (Wildman–Crippen LogP) is 1.42. The van der Waals surface area contributed by atoms with Gasteiger partial charge in [0.15, 0.2) is 0 Å². The Bertz CT molecular complexity index is 695. The number of nitrogens with zero attached hydrogens (tertiary/aromatic N) is 2. The number of amides is 2. The van der Waals surface area contributed by atoms with Crippen LogP contribution in [0.4, 0.5) is 0 Å². The van der Waals surface area contributed by atoms with Crippen LogP contribution in [0.3, 0.4) is 0 Å². The van der Waals surface area contributed by atoms with E-state index >= 15 is 0 Å². The number of carboxylic acids is 1. The normalized spacial score (nSPS) is 32.0. The number of carboxylic acid groups (broad SMARTS) is 1. The Labute approximate surface area is 177 Å². The summed E-state index contributed by atoms with van der Waals surface area (Å²) in [5.41, 5.74) is -1.05. The SMILES string of the molecule is C=CCN(C(=O)[C@@H]1N(CCCCCCO)C(=O)[C@H]2[C@H](C(=O)O)[C@@H]3CC[C@]12O3)C(C)C. The van der Waals surface area contributed by atoms with Crippen LogP contribution in [0.1, 0.15) is 52.4 Å². The van der Waals surface area contributed by atoms with Gasteiger partial charge in [0, 0.05) is 25.7 Å². The number of carbonyl (C=O) groups excluding carboxylic acids is 2. The molecule has 3 aliphatic heterocycles. The van der Waals surface area contributed by atoms with Crippen molar-refractivity contribution in [1.82, 2.24) is 9.80 Å². The minimum atomic E-state index is -1.05. The Balaban J connectivity index is 1.92. The molecule has 0 aromatic carbocycles. The number of aliphatic carboxylic acids is 1. The third-order valence-corrected chi connectivity index (χ3v) is 6.86. The quantitative estimate of drug-likeness (QED) is 0.385. The van der Waals surface area contributed by atoms with Crippen molar-refractivity contribution in [3.8, 4) is 0 Å². The topological polar surface area (TPSA) is 107 Å². The third kappa shape index (κ3) is 3.64. The van der Waals surface area contributed by atoms with Crippen LogP contribution in [-0.2, 0) is 19.1 Å². The Kier molecular flexibility index (Phi) is 6.87. The molecule has 0 aromatic rings. The summed E-state index contributed by atoms with van der Waals surface area (Å²) in [5.74, 6) is -3.19. The third-order valence-electron chi connectivity index (χ3n) is 6.86. The first-order valence-electron chi connectivity index (χ1n) is 11.0. The maximum atomic E-state index is 13.7. The summed E-state index contributed by atoms with van der Waals surface area (Å²) in [6, 6.07) is -0.883. The summed E-state index contributed by atoms with van der Waals surface area (Å²) in [5, 5.41) is 18.7. The number of likely N-dealkylation sites (tertiary alicyclic amines) is 1. The van der Waals surface area contributed by atoms with Gasteiger partial charge in [0.1, 0.15) is 11.6 Å². The number of aliphatic hydroxyl groups excluding tert-OH is 1. The van der Waals surface area contributed by atoms with Crippen molar-refractivity contribution in [2.75, 3.05) is 19.7 Å². The van der Waals surface area contributed by atoms with Gasteiger partial charge >= 0.3 is 5.97 Å². The Morgan fingerprint density at radius 3 is 2.63 bits per heavy atom. The van der Waals surface area contributed by atoms with E-state index in [2.05, 4.69) is 6.58 Å². The molecular weight excluding hydrogens is 388 g/mol. The molecule has 3 rings (SSSR count). The summed E-state index contributed by atoms with van der Waals surface area (Å²) in [4.78, 5) is 42.3. The first-order valence-corrected chi connectivity index (χ1v) is 11.0. The Morgan fingerprint density at radius 2 is 2.03 bits per heavy atom.